The average Bonchev–Trinajstić information content (AvgIpc) is 2.78. The summed E-state index contributed by atoms with van der Waals surface area (Å²) in [5.74, 6) is 0.652. The predicted octanol–water partition coefficient (Wildman–Crippen LogP) is 5.12. The van der Waals surface area contributed by atoms with Gasteiger partial charge in [-0.05, 0) is 50.7 Å². The van der Waals surface area contributed by atoms with E-state index < -0.39 is 6.43 Å². The maximum absolute atomic E-state index is 12.5. The van der Waals surface area contributed by atoms with Crippen LogP contribution in [0.4, 0.5) is 8.78 Å². The van der Waals surface area contributed by atoms with Gasteiger partial charge in [-0.2, -0.15) is 0 Å². The first-order valence-corrected chi connectivity index (χ1v) is 7.49. The molecular weight excluding hydrogens is 439 g/mol. The topological polar surface area (TPSA) is 22.1 Å². The molecular formula is C11H7BrF2INOS. The highest BCUT2D eigenvalue weighted by atomic mass is 127. The highest BCUT2D eigenvalue weighted by Crippen LogP contribution is 2.38. The van der Waals surface area contributed by atoms with Gasteiger partial charge in [0.15, 0.2) is 0 Å². The Morgan fingerprint density at radius 2 is 2.17 bits per heavy atom. The standard InChI is InChI=1S/C11H7BrF2INOS/c1-17-8-2-5(7(15)3-6(8)12)11-16-4-9(18-11)10(13)14/h2-4,10H,1H3. The van der Waals surface area contributed by atoms with Gasteiger partial charge in [-0.25, -0.2) is 13.8 Å². The molecule has 0 aliphatic rings. The third-order valence-electron chi connectivity index (χ3n) is 2.21. The van der Waals surface area contributed by atoms with E-state index in [4.69, 9.17) is 4.74 Å². The van der Waals surface area contributed by atoms with Crippen molar-refractivity contribution in [1.29, 1.82) is 0 Å². The lowest BCUT2D eigenvalue weighted by Gasteiger charge is -2.07. The molecule has 0 atom stereocenters. The quantitative estimate of drug-likeness (QED) is 0.611. The summed E-state index contributed by atoms with van der Waals surface area (Å²) < 4.78 is 32.0. The van der Waals surface area contributed by atoms with Crippen LogP contribution in [0.15, 0.2) is 22.8 Å². The Balaban J connectivity index is 2.49. The lowest BCUT2D eigenvalue weighted by atomic mass is 10.2. The number of thiazole rings is 1. The van der Waals surface area contributed by atoms with Crippen molar-refractivity contribution in [3.63, 3.8) is 0 Å². The van der Waals surface area contributed by atoms with Crippen LogP contribution in [-0.2, 0) is 0 Å². The van der Waals surface area contributed by atoms with E-state index in [2.05, 4.69) is 43.5 Å². The third-order valence-corrected chi connectivity index (χ3v) is 4.76. The summed E-state index contributed by atoms with van der Waals surface area (Å²) in [6.07, 6.45) is -1.26. The fourth-order valence-electron chi connectivity index (χ4n) is 1.36. The zero-order valence-electron chi connectivity index (χ0n) is 9.08. The van der Waals surface area contributed by atoms with Crippen molar-refractivity contribution in [3.8, 4) is 16.3 Å². The summed E-state index contributed by atoms with van der Waals surface area (Å²) in [6.45, 7) is 0. The molecule has 2 nitrogen and oxygen atoms in total. The summed E-state index contributed by atoms with van der Waals surface area (Å²) in [5.41, 5.74) is 0.799. The fraction of sp³-hybridized carbons (Fsp3) is 0.182. The van der Waals surface area contributed by atoms with Gasteiger partial charge < -0.3 is 4.74 Å². The van der Waals surface area contributed by atoms with E-state index in [9.17, 15) is 8.78 Å². The van der Waals surface area contributed by atoms with Crippen LogP contribution >= 0.6 is 49.9 Å². The van der Waals surface area contributed by atoms with Crippen LogP contribution < -0.4 is 4.74 Å². The minimum absolute atomic E-state index is 0.0253. The van der Waals surface area contributed by atoms with Gasteiger partial charge in [-0.15, -0.1) is 11.3 Å². The molecule has 96 valence electrons. The third kappa shape index (κ3) is 2.83. The second-order valence-corrected chi connectivity index (χ2v) is 6.41. The molecule has 0 unspecified atom stereocenters. The first-order valence-electron chi connectivity index (χ1n) is 4.80. The molecule has 0 aliphatic carbocycles. The average molecular weight is 446 g/mol. The number of nitrogens with zero attached hydrogens (tertiary/aromatic N) is 1. The Labute approximate surface area is 129 Å². The summed E-state index contributed by atoms with van der Waals surface area (Å²) in [5, 5.41) is 0.570. The number of aromatic nitrogens is 1. The molecule has 0 aliphatic heterocycles. The second kappa shape index (κ2) is 5.79. The maximum Gasteiger partial charge on any atom is 0.274 e. The zero-order chi connectivity index (χ0) is 13.3. The highest BCUT2D eigenvalue weighted by Gasteiger charge is 2.16. The molecule has 1 heterocycles. The largest absolute Gasteiger partial charge is 0.496 e. The molecule has 2 rings (SSSR count). The van der Waals surface area contributed by atoms with Crippen LogP contribution in [0.3, 0.4) is 0 Å². The van der Waals surface area contributed by atoms with Crippen molar-refractivity contribution in [2.75, 3.05) is 7.11 Å². The Morgan fingerprint density at radius 1 is 1.44 bits per heavy atom. The van der Waals surface area contributed by atoms with Crippen molar-refractivity contribution in [2.45, 2.75) is 6.43 Å². The van der Waals surface area contributed by atoms with Crippen LogP contribution in [0, 0.1) is 3.57 Å². The second-order valence-electron chi connectivity index (χ2n) is 3.34. The normalized spacial score (nSPS) is 11.0. The van der Waals surface area contributed by atoms with Crippen LogP contribution in [0.25, 0.3) is 10.6 Å². The van der Waals surface area contributed by atoms with E-state index in [0.717, 1.165) is 24.9 Å². The number of methoxy groups -OCH3 is 1. The molecule has 0 spiro atoms. The number of hydrogen-bond donors (Lipinski definition) is 0. The van der Waals surface area contributed by atoms with Crippen LogP contribution in [0.2, 0.25) is 0 Å². The van der Waals surface area contributed by atoms with Gasteiger partial charge in [0.1, 0.15) is 10.8 Å². The zero-order valence-corrected chi connectivity index (χ0v) is 13.6. The SMILES string of the molecule is COc1cc(-c2ncc(C(F)F)s2)c(I)cc1Br. The van der Waals surface area contributed by atoms with Gasteiger partial charge in [0.2, 0.25) is 0 Å². The van der Waals surface area contributed by atoms with Gasteiger partial charge in [0.05, 0.1) is 16.5 Å². The van der Waals surface area contributed by atoms with Gasteiger partial charge >= 0.3 is 0 Å². The van der Waals surface area contributed by atoms with Crippen LogP contribution in [0.5, 0.6) is 5.75 Å². The summed E-state index contributed by atoms with van der Waals surface area (Å²) in [6, 6.07) is 3.66. The molecule has 1 aromatic heterocycles. The van der Waals surface area contributed by atoms with Crippen molar-refractivity contribution in [2.24, 2.45) is 0 Å². The molecule has 0 saturated heterocycles. The Morgan fingerprint density at radius 3 is 2.72 bits per heavy atom. The maximum atomic E-state index is 12.5. The number of ether oxygens (including phenoxy) is 1. The molecule has 0 radical (unpaired) electrons. The van der Waals surface area contributed by atoms with Gasteiger partial charge in [-0.1, -0.05) is 0 Å². The van der Waals surface area contributed by atoms with Gasteiger partial charge in [0, 0.05) is 15.3 Å². The summed E-state index contributed by atoms with van der Waals surface area (Å²) >= 11 is 6.51. The number of alkyl halides is 2. The molecule has 0 N–H and O–H groups in total. The predicted molar refractivity (Wildman–Crippen MR) is 79.5 cm³/mol. The fourth-order valence-corrected chi connectivity index (χ4v) is 4.00. The first kappa shape index (κ1) is 14.1. The van der Waals surface area contributed by atoms with E-state index >= 15 is 0 Å². The van der Waals surface area contributed by atoms with E-state index in [1.165, 1.54) is 6.20 Å². The number of rotatable bonds is 3. The first-order chi connectivity index (χ1) is 8.52. The highest BCUT2D eigenvalue weighted by molar-refractivity contribution is 14.1. The smallest absolute Gasteiger partial charge is 0.274 e. The molecule has 2 aromatic rings. The van der Waals surface area contributed by atoms with Crippen molar-refractivity contribution in [1.82, 2.24) is 4.98 Å². The molecule has 0 fully saturated rings. The summed E-state index contributed by atoms with van der Waals surface area (Å²) in [4.78, 5) is 4.01. The Kier molecular flexibility index (Phi) is 4.54. The monoisotopic (exact) mass is 445 g/mol. The van der Waals surface area contributed by atoms with Gasteiger partial charge in [0.25, 0.3) is 6.43 Å². The number of hydrogen-bond acceptors (Lipinski definition) is 3. The van der Waals surface area contributed by atoms with Gasteiger partial charge in [-0.3, -0.25) is 0 Å². The minimum atomic E-state index is -2.48. The molecule has 18 heavy (non-hydrogen) atoms. The van der Waals surface area contributed by atoms with E-state index in [1.807, 2.05) is 6.07 Å². The lowest BCUT2D eigenvalue weighted by Crippen LogP contribution is -1.88. The molecule has 0 amide bonds. The minimum Gasteiger partial charge on any atom is -0.496 e. The van der Waals surface area contributed by atoms with Crippen molar-refractivity contribution < 1.29 is 13.5 Å². The lowest BCUT2D eigenvalue weighted by molar-refractivity contribution is 0.155. The number of halogens is 4. The molecule has 7 heteroatoms. The number of benzene rings is 1. The van der Waals surface area contributed by atoms with Crippen LogP contribution in [0.1, 0.15) is 11.3 Å². The van der Waals surface area contributed by atoms with E-state index in [-0.39, 0.29) is 4.88 Å². The Hall–Kier alpha value is -0.280. The molecule has 1 aromatic carbocycles. The molecule has 0 bridgehead atoms. The Bertz CT molecular complexity index is 576. The summed E-state index contributed by atoms with van der Waals surface area (Å²) in [7, 11) is 1.56. The molecule has 0 saturated carbocycles. The van der Waals surface area contributed by atoms with Crippen molar-refractivity contribution >= 4 is 49.9 Å². The van der Waals surface area contributed by atoms with Crippen molar-refractivity contribution in [3.05, 3.63) is 31.2 Å². The van der Waals surface area contributed by atoms with Crippen LogP contribution in [-0.4, -0.2) is 12.1 Å². The van der Waals surface area contributed by atoms with E-state index in [1.54, 1.807) is 13.2 Å². The van der Waals surface area contributed by atoms with E-state index in [0.29, 0.717) is 10.8 Å².